The molecule has 0 aromatic heterocycles. The minimum atomic E-state index is -2.30. The van der Waals surface area contributed by atoms with Gasteiger partial charge in [-0.2, -0.15) is 0 Å². The highest BCUT2D eigenvalue weighted by Crippen LogP contribution is 1.97. The van der Waals surface area contributed by atoms with Crippen molar-refractivity contribution in [3.63, 3.8) is 0 Å². The zero-order chi connectivity index (χ0) is 18.9. The molecule has 0 bridgehead atoms. The van der Waals surface area contributed by atoms with E-state index in [1.807, 2.05) is 0 Å². The van der Waals surface area contributed by atoms with Crippen LogP contribution in [0.15, 0.2) is 0 Å². The van der Waals surface area contributed by atoms with Gasteiger partial charge in [-0.3, -0.25) is 4.79 Å². The molecule has 13 heteroatoms. The van der Waals surface area contributed by atoms with Gasteiger partial charge in [0, 0.05) is 6.92 Å². The van der Waals surface area contributed by atoms with Crippen LogP contribution in [0.5, 0.6) is 0 Å². The Morgan fingerprint density at radius 1 is 0.652 bits per heavy atom. The van der Waals surface area contributed by atoms with Gasteiger partial charge in [0.25, 0.3) is 0 Å². The minimum absolute atomic E-state index is 0.901. The molecule has 0 heterocycles. The van der Waals surface area contributed by atoms with Crippen molar-refractivity contribution in [2.24, 2.45) is 0 Å². The molecule has 0 aromatic carbocycles. The third-order valence-electron chi connectivity index (χ3n) is 1.84. The van der Waals surface area contributed by atoms with Crippen molar-refractivity contribution >= 4 is 29.8 Å². The molecule has 13 nitrogen and oxygen atoms in total. The fraction of sp³-hybridized carbons (Fsp3) is 0.500. The first kappa shape index (κ1) is 22.7. The van der Waals surface area contributed by atoms with Crippen molar-refractivity contribution in [3.8, 4) is 0 Å². The van der Waals surface area contributed by atoms with Crippen LogP contribution in [0, 0.1) is 0 Å². The summed E-state index contributed by atoms with van der Waals surface area (Å²) in [5, 5.41) is 58.0. The molecule has 0 spiro atoms. The number of hydrogen-bond acceptors (Lipinski definition) is 10. The van der Waals surface area contributed by atoms with E-state index >= 15 is 0 Å². The van der Waals surface area contributed by atoms with Gasteiger partial charge in [0.15, 0.2) is 24.4 Å². The van der Waals surface area contributed by atoms with E-state index in [0.29, 0.717) is 0 Å². The van der Waals surface area contributed by atoms with Crippen LogP contribution in [0.1, 0.15) is 6.92 Å². The molecule has 0 rings (SSSR count). The number of ether oxygens (including phenoxy) is 1. The lowest BCUT2D eigenvalue weighted by atomic mass is 10.2. The number of aliphatic carboxylic acids is 3. The van der Waals surface area contributed by atoms with Gasteiger partial charge in [-0.1, -0.05) is 0 Å². The molecule has 0 fully saturated rings. The second-order valence-corrected chi connectivity index (χ2v) is 3.71. The zero-order valence-electron chi connectivity index (χ0n) is 11.4. The SMILES string of the molecule is CC(=O)OC(=O)C(O)C(O)C(=O)O.O=C(O)C(O)C(O)C(=O)O. The molecule has 4 unspecified atom stereocenters. The first-order valence-electron chi connectivity index (χ1n) is 5.45. The lowest BCUT2D eigenvalue weighted by Crippen LogP contribution is -2.41. The number of carboxylic acid groups (broad SMARTS) is 3. The fourth-order valence-corrected chi connectivity index (χ4v) is 0.736. The van der Waals surface area contributed by atoms with Gasteiger partial charge in [-0.05, 0) is 0 Å². The Hall–Kier alpha value is -2.61. The Morgan fingerprint density at radius 3 is 1.13 bits per heavy atom. The zero-order valence-corrected chi connectivity index (χ0v) is 11.4. The maximum atomic E-state index is 10.6. The van der Waals surface area contributed by atoms with Gasteiger partial charge in [0.05, 0.1) is 0 Å². The van der Waals surface area contributed by atoms with Crippen LogP contribution in [0.2, 0.25) is 0 Å². The molecule has 0 saturated heterocycles. The Bertz CT molecular complexity index is 451. The first-order valence-corrected chi connectivity index (χ1v) is 5.45. The van der Waals surface area contributed by atoms with E-state index < -0.39 is 54.3 Å². The van der Waals surface area contributed by atoms with Crippen molar-refractivity contribution in [1.29, 1.82) is 0 Å². The lowest BCUT2D eigenvalue weighted by molar-refractivity contribution is -0.174. The molecule has 7 N–H and O–H groups in total. The fourth-order valence-electron chi connectivity index (χ4n) is 0.736. The van der Waals surface area contributed by atoms with Crippen molar-refractivity contribution in [1.82, 2.24) is 0 Å². The lowest BCUT2D eigenvalue weighted by Gasteiger charge is -2.10. The van der Waals surface area contributed by atoms with Crippen LogP contribution in [-0.4, -0.2) is 90.0 Å². The maximum absolute atomic E-state index is 10.6. The number of aliphatic hydroxyl groups is 4. The average molecular weight is 342 g/mol. The summed E-state index contributed by atoms with van der Waals surface area (Å²) in [5.41, 5.74) is 0. The van der Waals surface area contributed by atoms with Crippen LogP contribution in [0.25, 0.3) is 0 Å². The third-order valence-corrected chi connectivity index (χ3v) is 1.84. The van der Waals surface area contributed by atoms with E-state index in [1.54, 1.807) is 0 Å². The summed E-state index contributed by atoms with van der Waals surface area (Å²) in [4.78, 5) is 50.3. The average Bonchev–Trinajstić information content (AvgIpc) is 2.43. The van der Waals surface area contributed by atoms with Gasteiger partial charge in [0.1, 0.15) is 0 Å². The Kier molecular flexibility index (Phi) is 10.0. The van der Waals surface area contributed by atoms with E-state index in [9.17, 15) is 24.0 Å². The van der Waals surface area contributed by atoms with E-state index in [2.05, 4.69) is 4.74 Å². The van der Waals surface area contributed by atoms with E-state index in [0.717, 1.165) is 6.92 Å². The molecule has 0 radical (unpaired) electrons. The number of carbonyl (C=O) groups excluding carboxylic acids is 2. The molecule has 0 saturated carbocycles. The molecule has 0 aliphatic heterocycles. The van der Waals surface area contributed by atoms with Crippen LogP contribution >= 0.6 is 0 Å². The first-order chi connectivity index (χ1) is 10.3. The standard InChI is InChI=1S/C6H8O7.C4H6O6/c1-2(7)13-6(12)4(9)3(8)5(10)11;5-1(3(7)8)2(6)4(9)10/h3-4,8-9H,1H3,(H,10,11);1-2,5-6H,(H,7,8)(H,9,10). The summed E-state index contributed by atoms with van der Waals surface area (Å²) in [6, 6.07) is 0. The summed E-state index contributed by atoms with van der Waals surface area (Å²) < 4.78 is 3.83. The molecule has 4 atom stereocenters. The minimum Gasteiger partial charge on any atom is -0.479 e. The summed E-state index contributed by atoms with van der Waals surface area (Å²) >= 11 is 0. The monoisotopic (exact) mass is 342 g/mol. The molecule has 0 amide bonds. The van der Waals surface area contributed by atoms with Gasteiger partial charge < -0.3 is 40.5 Å². The molecule has 0 aromatic rings. The Balaban J connectivity index is 0. The van der Waals surface area contributed by atoms with Crippen molar-refractivity contribution in [2.45, 2.75) is 31.3 Å². The number of esters is 2. The number of aliphatic hydroxyl groups excluding tert-OH is 4. The summed E-state index contributed by atoms with van der Waals surface area (Å²) in [6.45, 7) is 0.901. The quantitative estimate of drug-likeness (QED) is 0.179. The van der Waals surface area contributed by atoms with Crippen LogP contribution in [0.4, 0.5) is 0 Å². The normalized spacial score (nSPS) is 15.0. The molecular formula is C10H14O13. The highest BCUT2D eigenvalue weighted by atomic mass is 16.6. The largest absolute Gasteiger partial charge is 0.479 e. The molecule has 0 aliphatic carbocycles. The van der Waals surface area contributed by atoms with Crippen LogP contribution < -0.4 is 0 Å². The van der Waals surface area contributed by atoms with Crippen molar-refractivity contribution in [3.05, 3.63) is 0 Å². The summed E-state index contributed by atoms with van der Waals surface area (Å²) in [6.07, 6.45) is -9.09. The number of hydrogen-bond donors (Lipinski definition) is 7. The Morgan fingerprint density at radius 2 is 0.913 bits per heavy atom. The summed E-state index contributed by atoms with van der Waals surface area (Å²) in [5.74, 6) is -7.82. The van der Waals surface area contributed by atoms with Gasteiger partial charge >= 0.3 is 29.8 Å². The van der Waals surface area contributed by atoms with Gasteiger partial charge in [0.2, 0.25) is 0 Å². The van der Waals surface area contributed by atoms with Gasteiger partial charge in [-0.15, -0.1) is 0 Å². The highest BCUT2D eigenvalue weighted by molar-refractivity contribution is 5.90. The smallest absolute Gasteiger partial charge is 0.345 e. The molecular weight excluding hydrogens is 328 g/mol. The Labute approximate surface area is 127 Å². The van der Waals surface area contributed by atoms with E-state index in [4.69, 9.17) is 35.7 Å². The third kappa shape index (κ3) is 9.10. The van der Waals surface area contributed by atoms with Crippen LogP contribution in [0.3, 0.4) is 0 Å². The second-order valence-electron chi connectivity index (χ2n) is 3.71. The molecule has 0 aliphatic rings. The molecule has 132 valence electrons. The number of rotatable bonds is 6. The second kappa shape index (κ2) is 10.2. The summed E-state index contributed by atoms with van der Waals surface area (Å²) in [7, 11) is 0. The van der Waals surface area contributed by atoms with E-state index in [-0.39, 0.29) is 0 Å². The number of carbonyl (C=O) groups is 5. The number of carboxylic acids is 3. The van der Waals surface area contributed by atoms with Crippen molar-refractivity contribution in [2.75, 3.05) is 0 Å². The van der Waals surface area contributed by atoms with Crippen LogP contribution in [-0.2, 0) is 28.7 Å². The predicted molar refractivity (Wildman–Crippen MR) is 63.7 cm³/mol. The molecule has 23 heavy (non-hydrogen) atoms. The maximum Gasteiger partial charge on any atom is 0.345 e. The predicted octanol–water partition coefficient (Wildman–Crippen LogP) is -4.24. The highest BCUT2D eigenvalue weighted by Gasteiger charge is 2.32. The van der Waals surface area contributed by atoms with Gasteiger partial charge in [-0.25, -0.2) is 19.2 Å². The van der Waals surface area contributed by atoms with E-state index in [1.165, 1.54) is 0 Å². The topological polar surface area (TPSA) is 236 Å². The van der Waals surface area contributed by atoms with Crippen molar-refractivity contribution < 1.29 is 64.5 Å².